The largest absolute Gasteiger partial charge is 0.387 e. The van der Waals surface area contributed by atoms with Crippen molar-refractivity contribution >= 4 is 27.7 Å². The second-order valence-corrected chi connectivity index (χ2v) is 4.99. The molecular weight excluding hydrogens is 264 g/mol. The van der Waals surface area contributed by atoms with Crippen molar-refractivity contribution in [2.45, 2.75) is 18.9 Å². The number of thioether (sulfide) groups is 1. The molecule has 0 saturated heterocycles. The molecule has 0 fully saturated rings. The Bertz CT molecular complexity index is 271. The van der Waals surface area contributed by atoms with Gasteiger partial charge in [0.1, 0.15) is 0 Å². The first-order valence-electron chi connectivity index (χ1n) is 4.51. The van der Waals surface area contributed by atoms with E-state index >= 15 is 0 Å². The molecule has 0 saturated carbocycles. The third kappa shape index (κ3) is 3.00. The Kier molecular flexibility index (Phi) is 4.98. The summed E-state index contributed by atoms with van der Waals surface area (Å²) in [6.07, 6.45) is 5.20. The molecule has 14 heavy (non-hydrogen) atoms. The molecule has 0 aliphatic carbocycles. The Hall–Kier alpha value is 0. The number of halogens is 1. The molecule has 0 aromatic carbocycles. The standard InChI is InChI=1S/C9H15BrN2OS/c1-12-9(7(10)6-11-12)8(13)4-3-5-14-2/h6,8,13H,3-5H2,1-2H3. The minimum atomic E-state index is -0.413. The number of aliphatic hydroxyl groups excluding tert-OH is 1. The van der Waals surface area contributed by atoms with E-state index in [9.17, 15) is 5.11 Å². The fourth-order valence-corrected chi connectivity index (χ4v) is 2.42. The molecule has 1 unspecified atom stereocenters. The van der Waals surface area contributed by atoms with Crippen molar-refractivity contribution in [3.8, 4) is 0 Å². The van der Waals surface area contributed by atoms with E-state index < -0.39 is 6.10 Å². The third-order valence-corrected chi connectivity index (χ3v) is 3.39. The Balaban J connectivity index is 2.55. The molecule has 80 valence electrons. The molecule has 0 spiro atoms. The number of aliphatic hydroxyl groups is 1. The zero-order chi connectivity index (χ0) is 10.6. The monoisotopic (exact) mass is 278 g/mol. The number of rotatable bonds is 5. The number of aromatic nitrogens is 2. The van der Waals surface area contributed by atoms with Crippen molar-refractivity contribution in [1.29, 1.82) is 0 Å². The minimum Gasteiger partial charge on any atom is -0.387 e. The third-order valence-electron chi connectivity index (χ3n) is 2.08. The maximum atomic E-state index is 9.90. The summed E-state index contributed by atoms with van der Waals surface area (Å²) in [6, 6.07) is 0. The fourth-order valence-electron chi connectivity index (χ4n) is 1.35. The van der Waals surface area contributed by atoms with Crippen LogP contribution < -0.4 is 0 Å². The lowest BCUT2D eigenvalue weighted by Crippen LogP contribution is -2.06. The molecule has 1 N–H and O–H groups in total. The van der Waals surface area contributed by atoms with Crippen LogP contribution in [0.5, 0.6) is 0 Å². The van der Waals surface area contributed by atoms with Crippen molar-refractivity contribution in [3.63, 3.8) is 0 Å². The van der Waals surface area contributed by atoms with Gasteiger partial charge in [0, 0.05) is 7.05 Å². The van der Waals surface area contributed by atoms with Crippen LogP contribution >= 0.6 is 27.7 Å². The molecule has 0 aliphatic heterocycles. The van der Waals surface area contributed by atoms with Gasteiger partial charge in [-0.3, -0.25) is 4.68 Å². The molecule has 3 nitrogen and oxygen atoms in total. The van der Waals surface area contributed by atoms with Crippen LogP contribution in [0.1, 0.15) is 24.6 Å². The molecule has 0 bridgehead atoms. The van der Waals surface area contributed by atoms with E-state index in [2.05, 4.69) is 27.3 Å². The second kappa shape index (κ2) is 5.78. The van der Waals surface area contributed by atoms with E-state index in [1.54, 1.807) is 22.6 Å². The van der Waals surface area contributed by atoms with E-state index in [-0.39, 0.29) is 0 Å². The number of nitrogens with zero attached hydrogens (tertiary/aromatic N) is 2. The Morgan fingerprint density at radius 2 is 2.43 bits per heavy atom. The summed E-state index contributed by atoms with van der Waals surface area (Å²) in [5, 5.41) is 14.0. The highest BCUT2D eigenvalue weighted by Crippen LogP contribution is 2.25. The SMILES string of the molecule is CSCCCC(O)c1c(Br)cnn1C. The molecule has 1 aromatic rings. The van der Waals surface area contributed by atoms with Crippen LogP contribution in [0.4, 0.5) is 0 Å². The van der Waals surface area contributed by atoms with Crippen LogP contribution in [-0.4, -0.2) is 26.9 Å². The molecule has 1 atom stereocenters. The van der Waals surface area contributed by atoms with Crippen molar-refractivity contribution in [2.75, 3.05) is 12.0 Å². The van der Waals surface area contributed by atoms with Gasteiger partial charge in [0.05, 0.1) is 22.5 Å². The average Bonchev–Trinajstić information content (AvgIpc) is 2.46. The summed E-state index contributed by atoms with van der Waals surface area (Å²) in [6.45, 7) is 0. The van der Waals surface area contributed by atoms with Crippen LogP contribution in [0, 0.1) is 0 Å². The van der Waals surface area contributed by atoms with Crippen LogP contribution in [0.2, 0.25) is 0 Å². The van der Waals surface area contributed by atoms with Gasteiger partial charge in [-0.15, -0.1) is 0 Å². The summed E-state index contributed by atoms with van der Waals surface area (Å²) >= 11 is 5.18. The van der Waals surface area contributed by atoms with Gasteiger partial charge >= 0.3 is 0 Å². The lowest BCUT2D eigenvalue weighted by atomic mass is 10.1. The smallest absolute Gasteiger partial charge is 0.0968 e. The fraction of sp³-hybridized carbons (Fsp3) is 0.667. The highest BCUT2D eigenvalue weighted by Gasteiger charge is 2.15. The van der Waals surface area contributed by atoms with Gasteiger partial charge < -0.3 is 5.11 Å². The van der Waals surface area contributed by atoms with Gasteiger partial charge in [-0.1, -0.05) is 0 Å². The predicted octanol–water partition coefficient (Wildman–Crippen LogP) is 2.36. The molecule has 1 aromatic heterocycles. The van der Waals surface area contributed by atoms with Crippen LogP contribution in [0.3, 0.4) is 0 Å². The van der Waals surface area contributed by atoms with Crippen LogP contribution in [0.25, 0.3) is 0 Å². The van der Waals surface area contributed by atoms with E-state index in [1.165, 1.54) is 0 Å². The van der Waals surface area contributed by atoms with Gasteiger partial charge in [-0.2, -0.15) is 16.9 Å². The van der Waals surface area contributed by atoms with E-state index in [1.807, 2.05) is 7.05 Å². The van der Waals surface area contributed by atoms with Crippen molar-refractivity contribution in [1.82, 2.24) is 9.78 Å². The maximum absolute atomic E-state index is 9.90. The highest BCUT2D eigenvalue weighted by molar-refractivity contribution is 9.10. The molecule has 1 rings (SSSR count). The molecule has 5 heteroatoms. The zero-order valence-corrected chi connectivity index (χ0v) is 10.8. The molecule has 1 heterocycles. The Morgan fingerprint density at radius 3 is 2.93 bits per heavy atom. The first-order valence-corrected chi connectivity index (χ1v) is 6.70. The number of aryl methyl sites for hydroxylation is 1. The molecule has 0 amide bonds. The van der Waals surface area contributed by atoms with E-state index in [0.29, 0.717) is 0 Å². The molecule has 0 radical (unpaired) electrons. The van der Waals surface area contributed by atoms with Gasteiger partial charge in [0.15, 0.2) is 0 Å². The van der Waals surface area contributed by atoms with Gasteiger partial charge in [-0.05, 0) is 40.8 Å². The average molecular weight is 279 g/mol. The summed E-state index contributed by atoms with van der Waals surface area (Å²) in [4.78, 5) is 0. The number of hydrogen-bond acceptors (Lipinski definition) is 3. The van der Waals surface area contributed by atoms with Gasteiger partial charge in [0.2, 0.25) is 0 Å². The lowest BCUT2D eigenvalue weighted by Gasteiger charge is -2.11. The summed E-state index contributed by atoms with van der Waals surface area (Å²) in [5.41, 5.74) is 0.867. The van der Waals surface area contributed by atoms with Gasteiger partial charge in [0.25, 0.3) is 0 Å². The summed E-state index contributed by atoms with van der Waals surface area (Å²) < 4.78 is 2.60. The molecular formula is C9H15BrN2OS. The van der Waals surface area contributed by atoms with Crippen molar-refractivity contribution in [3.05, 3.63) is 16.4 Å². The highest BCUT2D eigenvalue weighted by atomic mass is 79.9. The first-order chi connectivity index (χ1) is 6.66. The van der Waals surface area contributed by atoms with Gasteiger partial charge in [-0.25, -0.2) is 0 Å². The van der Waals surface area contributed by atoms with Crippen LogP contribution in [-0.2, 0) is 7.05 Å². The first kappa shape index (κ1) is 12.1. The van der Waals surface area contributed by atoms with E-state index in [0.717, 1.165) is 28.8 Å². The predicted molar refractivity (Wildman–Crippen MR) is 63.5 cm³/mol. The Morgan fingerprint density at radius 1 is 1.71 bits per heavy atom. The minimum absolute atomic E-state index is 0.413. The normalized spacial score (nSPS) is 13.1. The quantitative estimate of drug-likeness (QED) is 0.841. The zero-order valence-electron chi connectivity index (χ0n) is 8.40. The molecule has 0 aliphatic rings. The van der Waals surface area contributed by atoms with E-state index in [4.69, 9.17) is 0 Å². The topological polar surface area (TPSA) is 38.1 Å². The maximum Gasteiger partial charge on any atom is 0.0968 e. The lowest BCUT2D eigenvalue weighted by molar-refractivity contribution is 0.156. The van der Waals surface area contributed by atoms with Crippen molar-refractivity contribution < 1.29 is 5.11 Å². The summed E-state index contributed by atoms with van der Waals surface area (Å²) in [7, 11) is 1.85. The van der Waals surface area contributed by atoms with Crippen molar-refractivity contribution in [2.24, 2.45) is 7.05 Å². The second-order valence-electron chi connectivity index (χ2n) is 3.15. The Labute approximate surface area is 97.0 Å². The summed E-state index contributed by atoms with van der Waals surface area (Å²) in [5.74, 6) is 1.09. The number of hydrogen-bond donors (Lipinski definition) is 1. The van der Waals surface area contributed by atoms with Crippen LogP contribution in [0.15, 0.2) is 10.7 Å².